The van der Waals surface area contributed by atoms with Crippen LogP contribution in [-0.2, 0) is 21.2 Å². The maximum Gasteiger partial charge on any atom is 0.238 e. The van der Waals surface area contributed by atoms with E-state index in [1.807, 2.05) is 6.07 Å². The molecule has 0 aliphatic rings. The lowest BCUT2D eigenvalue weighted by molar-refractivity contribution is -0.115. The van der Waals surface area contributed by atoms with Crippen LogP contribution in [0.1, 0.15) is 11.3 Å². The Morgan fingerprint density at radius 1 is 1.22 bits per heavy atom. The number of hydrogen-bond acceptors (Lipinski definition) is 5. The molecule has 3 aromatic rings. The standard InChI is InChI=1S/C18H13ClN4O3S/c19-15-4-2-1-3-11(15)7-18(24)23-12-8-14-13(5-6-22-16(14)10-20)17(9-12)27(21,25)26/h1-6,8-9H,7H2,(H,23,24)(H2,21,25,26). The number of benzene rings is 2. The number of pyridine rings is 1. The topological polar surface area (TPSA) is 126 Å². The lowest BCUT2D eigenvalue weighted by atomic mass is 10.1. The summed E-state index contributed by atoms with van der Waals surface area (Å²) in [6.45, 7) is 0. The molecule has 1 heterocycles. The molecule has 0 bridgehead atoms. The molecule has 0 spiro atoms. The molecule has 9 heteroatoms. The van der Waals surface area contributed by atoms with E-state index < -0.39 is 15.9 Å². The van der Waals surface area contributed by atoms with Crippen LogP contribution in [0.25, 0.3) is 10.8 Å². The normalized spacial score (nSPS) is 11.1. The van der Waals surface area contributed by atoms with Crippen LogP contribution in [0.15, 0.2) is 53.6 Å². The number of nitrogens with two attached hydrogens (primary N) is 1. The van der Waals surface area contributed by atoms with E-state index in [4.69, 9.17) is 16.7 Å². The van der Waals surface area contributed by atoms with Crippen molar-refractivity contribution in [1.82, 2.24) is 4.98 Å². The Bertz CT molecular complexity index is 1200. The molecule has 0 fully saturated rings. The van der Waals surface area contributed by atoms with E-state index in [2.05, 4.69) is 10.3 Å². The Hall–Kier alpha value is -2.99. The van der Waals surface area contributed by atoms with Gasteiger partial charge in [-0.2, -0.15) is 5.26 Å². The molecule has 3 N–H and O–H groups in total. The highest BCUT2D eigenvalue weighted by atomic mass is 35.5. The van der Waals surface area contributed by atoms with E-state index in [1.54, 1.807) is 24.3 Å². The molecule has 0 atom stereocenters. The quantitative estimate of drug-likeness (QED) is 0.696. The monoisotopic (exact) mass is 400 g/mol. The molecule has 7 nitrogen and oxygen atoms in total. The number of carbonyl (C=O) groups is 1. The summed E-state index contributed by atoms with van der Waals surface area (Å²) >= 11 is 6.05. The molecule has 0 saturated carbocycles. The zero-order valence-corrected chi connectivity index (χ0v) is 15.4. The summed E-state index contributed by atoms with van der Waals surface area (Å²) in [6.07, 6.45) is 1.33. The van der Waals surface area contributed by atoms with Crippen LogP contribution in [0.4, 0.5) is 5.69 Å². The highest BCUT2D eigenvalue weighted by Gasteiger charge is 2.17. The largest absolute Gasteiger partial charge is 0.326 e. The van der Waals surface area contributed by atoms with Gasteiger partial charge in [0.25, 0.3) is 0 Å². The van der Waals surface area contributed by atoms with E-state index in [0.29, 0.717) is 10.6 Å². The molecule has 2 aromatic carbocycles. The van der Waals surface area contributed by atoms with Crippen molar-refractivity contribution in [3.63, 3.8) is 0 Å². The van der Waals surface area contributed by atoms with E-state index in [0.717, 1.165) is 0 Å². The number of amides is 1. The third-order valence-electron chi connectivity index (χ3n) is 3.85. The van der Waals surface area contributed by atoms with Crippen LogP contribution in [0.3, 0.4) is 0 Å². The predicted molar refractivity (Wildman–Crippen MR) is 102 cm³/mol. The molecule has 0 radical (unpaired) electrons. The van der Waals surface area contributed by atoms with Gasteiger partial charge in [-0.1, -0.05) is 29.8 Å². The average Bonchev–Trinajstić information content (AvgIpc) is 2.61. The number of aromatic nitrogens is 1. The first-order valence-electron chi connectivity index (χ1n) is 7.68. The minimum atomic E-state index is -4.09. The third-order valence-corrected chi connectivity index (χ3v) is 5.17. The summed E-state index contributed by atoms with van der Waals surface area (Å²) in [7, 11) is -4.09. The fourth-order valence-electron chi connectivity index (χ4n) is 2.67. The van der Waals surface area contributed by atoms with Gasteiger partial charge in [0.1, 0.15) is 11.8 Å². The summed E-state index contributed by atoms with van der Waals surface area (Å²) in [6, 6.07) is 13.0. The van der Waals surface area contributed by atoms with Crippen LogP contribution in [0, 0.1) is 11.3 Å². The molecule has 1 aromatic heterocycles. The minimum absolute atomic E-state index is 0.000561. The van der Waals surface area contributed by atoms with Crippen LogP contribution < -0.4 is 10.5 Å². The van der Waals surface area contributed by atoms with Crippen LogP contribution >= 0.6 is 11.6 Å². The Morgan fingerprint density at radius 2 is 1.96 bits per heavy atom. The van der Waals surface area contributed by atoms with E-state index in [-0.39, 0.29) is 33.5 Å². The number of hydrogen-bond donors (Lipinski definition) is 2. The molecule has 3 rings (SSSR count). The van der Waals surface area contributed by atoms with Gasteiger partial charge in [0.05, 0.1) is 11.3 Å². The number of fused-ring (bicyclic) bond motifs is 1. The first-order chi connectivity index (χ1) is 12.8. The second kappa shape index (κ2) is 7.32. The molecular weight excluding hydrogens is 388 g/mol. The fraction of sp³-hybridized carbons (Fsp3) is 0.0556. The number of carbonyl (C=O) groups excluding carboxylic acids is 1. The van der Waals surface area contributed by atoms with Crippen molar-refractivity contribution in [2.75, 3.05) is 5.32 Å². The third kappa shape index (κ3) is 4.06. The average molecular weight is 401 g/mol. The van der Waals surface area contributed by atoms with Crippen molar-refractivity contribution >= 4 is 44.0 Å². The summed E-state index contributed by atoms with van der Waals surface area (Å²) in [5.74, 6) is -0.398. The van der Waals surface area contributed by atoms with Crippen molar-refractivity contribution in [1.29, 1.82) is 5.26 Å². The van der Waals surface area contributed by atoms with E-state index in [1.165, 1.54) is 24.4 Å². The second-order valence-corrected chi connectivity index (χ2v) is 7.64. The van der Waals surface area contributed by atoms with Gasteiger partial charge in [-0.15, -0.1) is 0 Å². The van der Waals surface area contributed by atoms with Crippen LogP contribution in [0.2, 0.25) is 5.02 Å². The zero-order valence-electron chi connectivity index (χ0n) is 13.8. The summed E-state index contributed by atoms with van der Waals surface area (Å²) < 4.78 is 23.9. The van der Waals surface area contributed by atoms with Gasteiger partial charge in [-0.25, -0.2) is 18.5 Å². The lowest BCUT2D eigenvalue weighted by Crippen LogP contribution is -2.17. The SMILES string of the molecule is N#Cc1nccc2c(S(N)(=O)=O)cc(NC(=O)Cc3ccccc3Cl)cc12. The number of halogens is 1. The maximum absolute atomic E-state index is 12.4. The molecule has 0 aliphatic carbocycles. The van der Waals surface area contributed by atoms with Gasteiger partial charge in [0.15, 0.2) is 0 Å². The number of nitriles is 1. The predicted octanol–water partition coefficient (Wildman–Crippen LogP) is 2.59. The number of sulfonamides is 1. The van der Waals surface area contributed by atoms with Crippen molar-refractivity contribution in [2.24, 2.45) is 5.14 Å². The molecular formula is C18H13ClN4O3S. The van der Waals surface area contributed by atoms with E-state index in [9.17, 15) is 18.5 Å². The first kappa shape index (κ1) is 18.8. The van der Waals surface area contributed by atoms with Crippen molar-refractivity contribution in [3.05, 3.63) is 64.9 Å². The summed E-state index contributed by atoms with van der Waals surface area (Å²) in [5, 5.41) is 18.1. The van der Waals surface area contributed by atoms with Crippen LogP contribution in [0.5, 0.6) is 0 Å². The highest BCUT2D eigenvalue weighted by molar-refractivity contribution is 7.89. The highest BCUT2D eigenvalue weighted by Crippen LogP contribution is 2.28. The number of rotatable bonds is 4. The van der Waals surface area contributed by atoms with Crippen molar-refractivity contribution in [2.45, 2.75) is 11.3 Å². The Kier molecular flexibility index (Phi) is 5.10. The van der Waals surface area contributed by atoms with Crippen molar-refractivity contribution in [3.8, 4) is 6.07 Å². The molecule has 0 unspecified atom stereocenters. The van der Waals surface area contributed by atoms with Gasteiger partial charge in [-0.05, 0) is 29.8 Å². The Balaban J connectivity index is 2.03. The van der Waals surface area contributed by atoms with Gasteiger partial charge in [0.2, 0.25) is 15.9 Å². The number of primary sulfonamides is 1. The minimum Gasteiger partial charge on any atom is -0.326 e. The van der Waals surface area contributed by atoms with E-state index >= 15 is 0 Å². The zero-order chi connectivity index (χ0) is 19.6. The summed E-state index contributed by atoms with van der Waals surface area (Å²) in [4.78, 5) is 16.1. The smallest absolute Gasteiger partial charge is 0.238 e. The molecule has 1 amide bonds. The maximum atomic E-state index is 12.4. The number of anilines is 1. The van der Waals surface area contributed by atoms with Gasteiger partial charge in [0, 0.05) is 27.7 Å². The molecule has 0 saturated heterocycles. The van der Waals surface area contributed by atoms with Gasteiger partial charge in [-0.3, -0.25) is 4.79 Å². The molecule has 0 aliphatic heterocycles. The number of nitrogens with one attached hydrogen (secondary N) is 1. The number of nitrogens with zero attached hydrogens (tertiary/aromatic N) is 2. The van der Waals surface area contributed by atoms with Crippen molar-refractivity contribution < 1.29 is 13.2 Å². The fourth-order valence-corrected chi connectivity index (χ4v) is 3.65. The summed E-state index contributed by atoms with van der Waals surface area (Å²) in [5.41, 5.74) is 0.844. The second-order valence-electron chi connectivity index (χ2n) is 5.70. The Labute approximate surface area is 160 Å². The Morgan fingerprint density at radius 3 is 2.63 bits per heavy atom. The van der Waals surface area contributed by atoms with Gasteiger partial charge < -0.3 is 5.32 Å². The molecule has 136 valence electrons. The van der Waals surface area contributed by atoms with Crippen LogP contribution in [-0.4, -0.2) is 19.3 Å². The van der Waals surface area contributed by atoms with Gasteiger partial charge >= 0.3 is 0 Å². The molecule has 27 heavy (non-hydrogen) atoms. The lowest BCUT2D eigenvalue weighted by Gasteiger charge is -2.11. The first-order valence-corrected chi connectivity index (χ1v) is 9.61.